The van der Waals surface area contributed by atoms with Gasteiger partial charge in [0.05, 0.1) is 0 Å². The number of amides is 2. The van der Waals surface area contributed by atoms with Crippen molar-refractivity contribution < 1.29 is 19.1 Å². The number of Topliss-reactive ketones (excluding diaryl/α,β-unsaturated/α-hetero) is 1. The minimum atomic E-state index is -0.401. The highest BCUT2D eigenvalue weighted by molar-refractivity contribution is 5.84. The fourth-order valence-electron chi connectivity index (χ4n) is 2.76. The number of hydrogen-bond donors (Lipinski definition) is 1. The van der Waals surface area contributed by atoms with Crippen LogP contribution < -0.4 is 5.32 Å². The minimum absolute atomic E-state index is 0.0284. The van der Waals surface area contributed by atoms with E-state index in [1.54, 1.807) is 4.90 Å². The van der Waals surface area contributed by atoms with Gasteiger partial charge in [0.2, 0.25) is 5.91 Å². The molecule has 2 saturated heterocycles. The average Bonchev–Trinajstić information content (AvgIpc) is 3.02. The Morgan fingerprint density at radius 1 is 1.40 bits per heavy atom. The number of carbonyl (C=O) groups excluding carboxylic acids is 3. The summed E-state index contributed by atoms with van der Waals surface area (Å²) >= 11 is 0. The van der Waals surface area contributed by atoms with Crippen LogP contribution >= 0.6 is 0 Å². The highest BCUT2D eigenvalue weighted by Crippen LogP contribution is 2.18. The van der Waals surface area contributed by atoms with Crippen LogP contribution in [-0.2, 0) is 14.3 Å². The summed E-state index contributed by atoms with van der Waals surface area (Å²) in [5.74, 6) is -0.154. The first-order chi connectivity index (χ1) is 9.58. The van der Waals surface area contributed by atoms with Gasteiger partial charge in [-0.15, -0.1) is 0 Å². The monoisotopic (exact) mass is 282 g/mol. The van der Waals surface area contributed by atoms with Gasteiger partial charge < -0.3 is 15.0 Å². The number of ether oxygens (including phenoxy) is 1. The van der Waals surface area contributed by atoms with Crippen molar-refractivity contribution in [2.45, 2.75) is 45.1 Å². The molecule has 0 aliphatic carbocycles. The van der Waals surface area contributed by atoms with Crippen molar-refractivity contribution in [1.29, 1.82) is 0 Å². The van der Waals surface area contributed by atoms with Crippen LogP contribution in [0, 0.1) is 5.92 Å². The van der Waals surface area contributed by atoms with Gasteiger partial charge in [-0.3, -0.25) is 9.59 Å². The number of rotatable bonds is 5. The Bertz CT molecular complexity index is 397. The molecule has 1 N–H and O–H groups in total. The van der Waals surface area contributed by atoms with E-state index in [9.17, 15) is 14.4 Å². The molecule has 112 valence electrons. The number of likely N-dealkylation sites (tertiary alicyclic amines) is 1. The molecule has 0 aromatic carbocycles. The lowest BCUT2D eigenvalue weighted by atomic mass is 10.0. The summed E-state index contributed by atoms with van der Waals surface area (Å²) in [4.78, 5) is 36.5. The molecule has 2 rings (SSSR count). The van der Waals surface area contributed by atoms with E-state index in [4.69, 9.17) is 4.74 Å². The standard InChI is InChI=1S/C14H22N2O4/c1-10-3-2-8-16(10)14(19)20-9-12(17)5-4-11-6-7-15-13(11)18/h10-11H,2-9H2,1H3,(H,15,18)/t10?,11-/m0/s1. The summed E-state index contributed by atoms with van der Waals surface area (Å²) in [5, 5.41) is 2.74. The van der Waals surface area contributed by atoms with E-state index in [-0.39, 0.29) is 30.3 Å². The molecule has 0 bridgehead atoms. The molecule has 2 heterocycles. The molecular formula is C14H22N2O4. The summed E-state index contributed by atoms with van der Waals surface area (Å²) in [6.07, 6.45) is 3.20. The maximum atomic E-state index is 11.8. The van der Waals surface area contributed by atoms with Crippen LogP contribution in [0.3, 0.4) is 0 Å². The first-order valence-corrected chi connectivity index (χ1v) is 7.30. The van der Waals surface area contributed by atoms with Crippen molar-refractivity contribution in [1.82, 2.24) is 10.2 Å². The van der Waals surface area contributed by atoms with Crippen LogP contribution in [0.4, 0.5) is 4.79 Å². The second-order valence-electron chi connectivity index (χ2n) is 5.59. The van der Waals surface area contributed by atoms with Crippen molar-refractivity contribution in [3.8, 4) is 0 Å². The van der Waals surface area contributed by atoms with Gasteiger partial charge in [-0.25, -0.2) is 4.79 Å². The van der Waals surface area contributed by atoms with Gasteiger partial charge in [0.15, 0.2) is 12.4 Å². The van der Waals surface area contributed by atoms with Gasteiger partial charge in [-0.05, 0) is 32.6 Å². The molecule has 0 aromatic rings. The van der Waals surface area contributed by atoms with Crippen LogP contribution in [0.2, 0.25) is 0 Å². The molecule has 20 heavy (non-hydrogen) atoms. The number of carbonyl (C=O) groups is 3. The van der Waals surface area contributed by atoms with Gasteiger partial charge >= 0.3 is 6.09 Å². The molecule has 0 spiro atoms. The van der Waals surface area contributed by atoms with Gasteiger partial charge in [0.1, 0.15) is 0 Å². The normalized spacial score (nSPS) is 25.6. The van der Waals surface area contributed by atoms with E-state index in [0.29, 0.717) is 25.9 Å². The molecule has 6 nitrogen and oxygen atoms in total. The number of ketones is 1. The highest BCUT2D eigenvalue weighted by atomic mass is 16.6. The van der Waals surface area contributed by atoms with Crippen LogP contribution in [0.25, 0.3) is 0 Å². The second-order valence-corrected chi connectivity index (χ2v) is 5.59. The van der Waals surface area contributed by atoms with E-state index >= 15 is 0 Å². The van der Waals surface area contributed by atoms with Crippen molar-refractivity contribution >= 4 is 17.8 Å². The van der Waals surface area contributed by atoms with Crippen LogP contribution in [-0.4, -0.2) is 48.4 Å². The molecule has 0 aromatic heterocycles. The molecule has 6 heteroatoms. The first kappa shape index (κ1) is 14.8. The summed E-state index contributed by atoms with van der Waals surface area (Å²) in [7, 11) is 0. The molecule has 2 amide bonds. The third-order valence-corrected chi connectivity index (χ3v) is 4.08. The number of nitrogens with one attached hydrogen (secondary N) is 1. The topological polar surface area (TPSA) is 75.7 Å². The maximum absolute atomic E-state index is 11.8. The van der Waals surface area contributed by atoms with Crippen molar-refractivity contribution in [3.63, 3.8) is 0 Å². The lowest BCUT2D eigenvalue weighted by Crippen LogP contribution is -2.35. The predicted octanol–water partition coefficient (Wildman–Crippen LogP) is 1.09. The Hall–Kier alpha value is -1.59. The molecular weight excluding hydrogens is 260 g/mol. The molecule has 0 radical (unpaired) electrons. The molecule has 2 fully saturated rings. The Morgan fingerprint density at radius 3 is 2.80 bits per heavy atom. The quantitative estimate of drug-likeness (QED) is 0.819. The second kappa shape index (κ2) is 6.72. The third kappa shape index (κ3) is 3.71. The number of hydrogen-bond acceptors (Lipinski definition) is 4. The molecule has 0 saturated carbocycles. The number of nitrogens with zero attached hydrogens (tertiary/aromatic N) is 1. The lowest BCUT2D eigenvalue weighted by molar-refractivity contribution is -0.124. The minimum Gasteiger partial charge on any atom is -0.441 e. The van der Waals surface area contributed by atoms with Crippen molar-refractivity contribution in [2.24, 2.45) is 5.92 Å². The van der Waals surface area contributed by atoms with Gasteiger partial charge in [-0.1, -0.05) is 0 Å². The Kier molecular flexibility index (Phi) is 4.98. The zero-order valence-electron chi connectivity index (χ0n) is 11.9. The molecule has 2 aliphatic heterocycles. The summed E-state index contributed by atoms with van der Waals surface area (Å²) in [6, 6.07) is 0.194. The predicted molar refractivity (Wildman–Crippen MR) is 72.1 cm³/mol. The Labute approximate surface area is 118 Å². The average molecular weight is 282 g/mol. The highest BCUT2D eigenvalue weighted by Gasteiger charge is 2.27. The Morgan fingerprint density at radius 2 is 2.20 bits per heavy atom. The summed E-state index contributed by atoms with van der Waals surface area (Å²) in [6.45, 7) is 3.20. The Balaban J connectivity index is 1.64. The van der Waals surface area contributed by atoms with Crippen molar-refractivity contribution in [3.05, 3.63) is 0 Å². The van der Waals surface area contributed by atoms with E-state index in [1.807, 2.05) is 6.92 Å². The smallest absolute Gasteiger partial charge is 0.410 e. The first-order valence-electron chi connectivity index (χ1n) is 7.30. The summed E-state index contributed by atoms with van der Waals surface area (Å²) < 4.78 is 5.04. The van der Waals surface area contributed by atoms with Gasteiger partial charge in [0, 0.05) is 31.5 Å². The van der Waals surface area contributed by atoms with Gasteiger partial charge in [-0.2, -0.15) is 0 Å². The van der Waals surface area contributed by atoms with Gasteiger partial charge in [0.25, 0.3) is 0 Å². The fourth-order valence-corrected chi connectivity index (χ4v) is 2.76. The zero-order valence-corrected chi connectivity index (χ0v) is 11.9. The van der Waals surface area contributed by atoms with Crippen molar-refractivity contribution in [2.75, 3.05) is 19.7 Å². The molecule has 2 atom stereocenters. The summed E-state index contributed by atoms with van der Waals surface area (Å²) in [5.41, 5.74) is 0. The van der Waals surface area contributed by atoms with Crippen LogP contribution in [0.15, 0.2) is 0 Å². The van der Waals surface area contributed by atoms with E-state index in [0.717, 1.165) is 19.3 Å². The molecule has 2 aliphatic rings. The third-order valence-electron chi connectivity index (χ3n) is 4.08. The lowest BCUT2D eigenvalue weighted by Gasteiger charge is -2.20. The van der Waals surface area contributed by atoms with Crippen LogP contribution in [0.1, 0.15) is 39.0 Å². The van der Waals surface area contributed by atoms with Crippen LogP contribution in [0.5, 0.6) is 0 Å². The van der Waals surface area contributed by atoms with E-state index < -0.39 is 6.09 Å². The fraction of sp³-hybridized carbons (Fsp3) is 0.786. The van der Waals surface area contributed by atoms with E-state index in [1.165, 1.54) is 0 Å². The molecule has 1 unspecified atom stereocenters. The SMILES string of the molecule is CC1CCCN1C(=O)OCC(=O)CC[C@H]1CCNC1=O. The van der Waals surface area contributed by atoms with E-state index in [2.05, 4.69) is 5.32 Å². The largest absolute Gasteiger partial charge is 0.441 e. The maximum Gasteiger partial charge on any atom is 0.410 e. The zero-order chi connectivity index (χ0) is 14.5.